The highest BCUT2D eigenvalue weighted by molar-refractivity contribution is 5.95. The van der Waals surface area contributed by atoms with Crippen molar-refractivity contribution in [3.05, 3.63) is 101 Å². The van der Waals surface area contributed by atoms with Crippen molar-refractivity contribution in [1.82, 2.24) is 25.5 Å². The second kappa shape index (κ2) is 8.80. The predicted molar refractivity (Wildman–Crippen MR) is 111 cm³/mol. The van der Waals surface area contributed by atoms with Gasteiger partial charge in [-0.1, -0.05) is 54.6 Å². The first-order chi connectivity index (χ1) is 14.7. The van der Waals surface area contributed by atoms with Crippen LogP contribution in [0.15, 0.2) is 78.9 Å². The van der Waals surface area contributed by atoms with Gasteiger partial charge in [0, 0.05) is 17.7 Å². The van der Waals surface area contributed by atoms with Crippen LogP contribution < -0.4 is 5.32 Å². The lowest BCUT2D eigenvalue weighted by Crippen LogP contribution is -2.22. The first-order valence-corrected chi connectivity index (χ1v) is 9.41. The SMILES string of the molecule is N#Cc1ccc(Cn2nnc(-c3cccc(C(=O)NCc4ccccc4)c3)n2)cc1. The summed E-state index contributed by atoms with van der Waals surface area (Å²) in [6.45, 7) is 0.902. The van der Waals surface area contributed by atoms with Gasteiger partial charge in [0.2, 0.25) is 5.82 Å². The van der Waals surface area contributed by atoms with Crippen LogP contribution >= 0.6 is 0 Å². The lowest BCUT2D eigenvalue weighted by atomic mass is 10.1. The van der Waals surface area contributed by atoms with Gasteiger partial charge in [0.05, 0.1) is 18.2 Å². The molecule has 1 amide bonds. The maximum Gasteiger partial charge on any atom is 0.251 e. The summed E-state index contributed by atoms with van der Waals surface area (Å²) in [5.41, 5.74) is 3.86. The van der Waals surface area contributed by atoms with Crippen molar-refractivity contribution < 1.29 is 4.79 Å². The standard InChI is InChI=1S/C23H18N6O/c24-14-17-9-11-19(12-10-17)16-29-27-22(26-28-29)20-7-4-8-21(13-20)23(30)25-15-18-5-2-1-3-6-18/h1-13H,15-16H2,(H,25,30). The van der Waals surface area contributed by atoms with E-state index in [1.165, 1.54) is 4.80 Å². The van der Waals surface area contributed by atoms with Gasteiger partial charge in [-0.2, -0.15) is 10.1 Å². The molecule has 0 saturated carbocycles. The first-order valence-electron chi connectivity index (χ1n) is 9.41. The van der Waals surface area contributed by atoms with Crippen molar-refractivity contribution in [2.75, 3.05) is 0 Å². The number of carbonyl (C=O) groups excluding carboxylic acids is 1. The van der Waals surface area contributed by atoms with Crippen LogP contribution in [0.2, 0.25) is 0 Å². The number of hydrogen-bond acceptors (Lipinski definition) is 5. The molecule has 0 saturated heterocycles. The summed E-state index contributed by atoms with van der Waals surface area (Å²) >= 11 is 0. The average Bonchev–Trinajstić information content (AvgIpc) is 3.27. The Bertz CT molecular complexity index is 1190. The second-order valence-corrected chi connectivity index (χ2v) is 6.70. The van der Waals surface area contributed by atoms with Gasteiger partial charge < -0.3 is 5.32 Å². The number of nitriles is 1. The van der Waals surface area contributed by atoms with Crippen molar-refractivity contribution in [2.24, 2.45) is 0 Å². The highest BCUT2D eigenvalue weighted by Crippen LogP contribution is 2.16. The Kier molecular flexibility index (Phi) is 5.58. The lowest BCUT2D eigenvalue weighted by molar-refractivity contribution is 0.0951. The molecule has 7 nitrogen and oxygen atoms in total. The Morgan fingerprint density at radius 3 is 2.53 bits per heavy atom. The van der Waals surface area contributed by atoms with Crippen LogP contribution in [0.3, 0.4) is 0 Å². The molecular formula is C23H18N6O. The zero-order valence-electron chi connectivity index (χ0n) is 16.1. The molecule has 0 aliphatic heterocycles. The molecule has 1 N–H and O–H groups in total. The minimum absolute atomic E-state index is 0.161. The Labute approximate surface area is 173 Å². The Hall–Kier alpha value is -4.31. The summed E-state index contributed by atoms with van der Waals surface area (Å²) in [4.78, 5) is 14.0. The third kappa shape index (κ3) is 4.56. The van der Waals surface area contributed by atoms with Crippen molar-refractivity contribution in [3.8, 4) is 17.5 Å². The predicted octanol–water partition coefficient (Wildman–Crippen LogP) is 3.19. The molecular weight excluding hydrogens is 376 g/mol. The zero-order valence-corrected chi connectivity index (χ0v) is 16.1. The molecule has 4 rings (SSSR count). The third-order valence-corrected chi connectivity index (χ3v) is 4.54. The fourth-order valence-electron chi connectivity index (χ4n) is 2.95. The van der Waals surface area contributed by atoms with Crippen LogP contribution in [0.5, 0.6) is 0 Å². The molecule has 0 aliphatic rings. The number of rotatable bonds is 6. The molecule has 1 aromatic heterocycles. The van der Waals surface area contributed by atoms with Gasteiger partial charge in [0.25, 0.3) is 5.91 Å². The zero-order chi connectivity index (χ0) is 20.8. The fraction of sp³-hybridized carbons (Fsp3) is 0.0870. The average molecular weight is 394 g/mol. The van der Waals surface area contributed by atoms with E-state index < -0.39 is 0 Å². The number of nitrogens with one attached hydrogen (secondary N) is 1. The molecule has 0 bridgehead atoms. The highest BCUT2D eigenvalue weighted by atomic mass is 16.1. The molecule has 30 heavy (non-hydrogen) atoms. The van der Waals surface area contributed by atoms with Gasteiger partial charge in [0.15, 0.2) is 0 Å². The third-order valence-electron chi connectivity index (χ3n) is 4.54. The van der Waals surface area contributed by atoms with Crippen LogP contribution in [0.1, 0.15) is 27.0 Å². The molecule has 1 heterocycles. The minimum atomic E-state index is -0.161. The lowest BCUT2D eigenvalue weighted by Gasteiger charge is -2.06. The summed E-state index contributed by atoms with van der Waals surface area (Å²) in [7, 11) is 0. The summed E-state index contributed by atoms with van der Waals surface area (Å²) in [6.07, 6.45) is 0. The van der Waals surface area contributed by atoms with Gasteiger partial charge in [0.1, 0.15) is 0 Å². The fourth-order valence-corrected chi connectivity index (χ4v) is 2.95. The van der Waals surface area contributed by atoms with Crippen LogP contribution in [0.25, 0.3) is 11.4 Å². The van der Waals surface area contributed by atoms with Crippen LogP contribution in [-0.2, 0) is 13.1 Å². The van der Waals surface area contributed by atoms with Gasteiger partial charge in [-0.3, -0.25) is 4.79 Å². The summed E-state index contributed by atoms with van der Waals surface area (Å²) < 4.78 is 0. The molecule has 0 fully saturated rings. The number of amides is 1. The second-order valence-electron chi connectivity index (χ2n) is 6.70. The number of aromatic nitrogens is 4. The van der Waals surface area contributed by atoms with Gasteiger partial charge >= 0.3 is 0 Å². The number of carbonyl (C=O) groups is 1. The Balaban J connectivity index is 1.44. The Morgan fingerprint density at radius 2 is 1.77 bits per heavy atom. The Morgan fingerprint density at radius 1 is 0.967 bits per heavy atom. The molecule has 7 heteroatoms. The number of tetrazole rings is 1. The van der Waals surface area contributed by atoms with Gasteiger partial charge in [-0.15, -0.1) is 10.2 Å². The van der Waals surface area contributed by atoms with E-state index in [2.05, 4.69) is 26.8 Å². The van der Waals surface area contributed by atoms with E-state index in [0.29, 0.717) is 35.6 Å². The number of hydrogen-bond donors (Lipinski definition) is 1. The topological polar surface area (TPSA) is 96.5 Å². The minimum Gasteiger partial charge on any atom is -0.348 e. The number of benzene rings is 3. The molecule has 0 unspecified atom stereocenters. The first kappa shape index (κ1) is 19.0. The smallest absolute Gasteiger partial charge is 0.251 e. The molecule has 0 aliphatic carbocycles. The van der Waals surface area contributed by atoms with Gasteiger partial charge in [-0.05, 0) is 40.6 Å². The molecule has 0 radical (unpaired) electrons. The van der Waals surface area contributed by atoms with E-state index in [9.17, 15) is 4.79 Å². The largest absolute Gasteiger partial charge is 0.348 e. The van der Waals surface area contributed by atoms with Crippen molar-refractivity contribution >= 4 is 5.91 Å². The van der Waals surface area contributed by atoms with Crippen molar-refractivity contribution in [2.45, 2.75) is 13.1 Å². The monoisotopic (exact) mass is 394 g/mol. The molecule has 4 aromatic rings. The summed E-state index contributed by atoms with van der Waals surface area (Å²) in [6, 6.07) is 26.2. The van der Waals surface area contributed by atoms with Crippen LogP contribution in [0, 0.1) is 11.3 Å². The van der Waals surface area contributed by atoms with Crippen LogP contribution in [0.4, 0.5) is 0 Å². The van der Waals surface area contributed by atoms with E-state index in [1.54, 1.807) is 30.3 Å². The van der Waals surface area contributed by atoms with Crippen LogP contribution in [-0.4, -0.2) is 26.1 Å². The van der Waals surface area contributed by atoms with E-state index in [0.717, 1.165) is 11.1 Å². The number of nitrogens with zero attached hydrogens (tertiary/aromatic N) is 5. The summed E-state index contributed by atoms with van der Waals surface area (Å²) in [5.74, 6) is 0.284. The quantitative estimate of drug-likeness (QED) is 0.542. The van der Waals surface area contributed by atoms with Gasteiger partial charge in [-0.25, -0.2) is 0 Å². The van der Waals surface area contributed by atoms with E-state index >= 15 is 0 Å². The van der Waals surface area contributed by atoms with Crippen molar-refractivity contribution in [1.29, 1.82) is 5.26 Å². The van der Waals surface area contributed by atoms with Crippen molar-refractivity contribution in [3.63, 3.8) is 0 Å². The highest BCUT2D eigenvalue weighted by Gasteiger charge is 2.11. The molecule has 0 spiro atoms. The van der Waals surface area contributed by atoms with E-state index in [-0.39, 0.29) is 5.91 Å². The maximum atomic E-state index is 12.5. The molecule has 146 valence electrons. The summed E-state index contributed by atoms with van der Waals surface area (Å²) in [5, 5.41) is 24.4. The molecule has 3 aromatic carbocycles. The normalized spacial score (nSPS) is 10.4. The molecule has 0 atom stereocenters. The van der Waals surface area contributed by atoms with E-state index in [4.69, 9.17) is 5.26 Å². The van der Waals surface area contributed by atoms with E-state index in [1.807, 2.05) is 48.5 Å². The maximum absolute atomic E-state index is 12.5.